The van der Waals surface area contributed by atoms with Crippen molar-refractivity contribution in [1.29, 1.82) is 0 Å². The molecule has 0 spiro atoms. The molecule has 0 fully saturated rings. The molecule has 1 heterocycles. The molecule has 0 aliphatic rings. The summed E-state index contributed by atoms with van der Waals surface area (Å²) in [5.41, 5.74) is 4.24. The van der Waals surface area contributed by atoms with Crippen molar-refractivity contribution in [3.8, 4) is 5.75 Å². The van der Waals surface area contributed by atoms with Crippen molar-refractivity contribution < 1.29 is 4.74 Å². The van der Waals surface area contributed by atoms with Crippen LogP contribution in [-0.2, 0) is 0 Å². The third kappa shape index (κ3) is 3.06. The van der Waals surface area contributed by atoms with E-state index in [4.69, 9.17) is 4.74 Å². The highest BCUT2D eigenvalue weighted by Gasteiger charge is 2.05. The highest BCUT2D eigenvalue weighted by molar-refractivity contribution is 5.79. The third-order valence-electron chi connectivity index (χ3n) is 3.60. The van der Waals surface area contributed by atoms with E-state index in [1.807, 2.05) is 25.1 Å². The molecule has 2 N–H and O–H groups in total. The lowest BCUT2D eigenvalue weighted by Gasteiger charge is -2.07. The molecule has 114 valence electrons. The molecule has 0 aliphatic carbocycles. The van der Waals surface area contributed by atoms with Gasteiger partial charge in [0.05, 0.1) is 17.6 Å². The summed E-state index contributed by atoms with van der Waals surface area (Å²) in [5.74, 6) is 2.13. The molecule has 0 amide bonds. The van der Waals surface area contributed by atoms with Gasteiger partial charge in [-0.15, -0.1) is 0 Å². The second kappa shape index (κ2) is 6.10. The van der Waals surface area contributed by atoms with Crippen molar-refractivity contribution in [2.24, 2.45) is 0 Å². The molecule has 3 rings (SSSR count). The summed E-state index contributed by atoms with van der Waals surface area (Å²) >= 11 is 0. The molecule has 3 aromatic rings. The Morgan fingerprint density at radius 2 is 1.91 bits per heavy atom. The van der Waals surface area contributed by atoms with Crippen LogP contribution >= 0.6 is 0 Å². The summed E-state index contributed by atoms with van der Waals surface area (Å²) in [6.45, 7) is 7.02. The molecule has 0 atom stereocenters. The zero-order valence-corrected chi connectivity index (χ0v) is 13.2. The second-order valence-corrected chi connectivity index (χ2v) is 5.60. The molecular formula is C18H21N3O. The topological polar surface area (TPSA) is 49.9 Å². The van der Waals surface area contributed by atoms with Gasteiger partial charge in [0.1, 0.15) is 5.75 Å². The maximum absolute atomic E-state index is 5.51. The van der Waals surface area contributed by atoms with Gasteiger partial charge in [0.15, 0.2) is 0 Å². The normalized spacial score (nSPS) is 11.1. The van der Waals surface area contributed by atoms with Gasteiger partial charge in [-0.2, -0.15) is 0 Å². The van der Waals surface area contributed by atoms with E-state index in [2.05, 4.69) is 53.4 Å². The van der Waals surface area contributed by atoms with Crippen molar-refractivity contribution in [2.45, 2.75) is 26.7 Å². The van der Waals surface area contributed by atoms with Crippen molar-refractivity contribution >= 4 is 22.7 Å². The summed E-state index contributed by atoms with van der Waals surface area (Å²) < 4.78 is 5.51. The van der Waals surface area contributed by atoms with E-state index in [0.29, 0.717) is 12.5 Å². The van der Waals surface area contributed by atoms with Gasteiger partial charge in [-0.05, 0) is 42.7 Å². The first-order valence-electron chi connectivity index (χ1n) is 7.65. The van der Waals surface area contributed by atoms with Gasteiger partial charge in [0, 0.05) is 11.8 Å². The average Bonchev–Trinajstić information content (AvgIpc) is 2.89. The van der Waals surface area contributed by atoms with Crippen LogP contribution in [0.3, 0.4) is 0 Å². The van der Waals surface area contributed by atoms with Gasteiger partial charge in [-0.3, -0.25) is 0 Å². The van der Waals surface area contributed by atoms with Crippen LogP contribution in [0.4, 0.5) is 11.6 Å². The molecule has 0 saturated heterocycles. The molecule has 1 aromatic heterocycles. The number of hydrogen-bond donors (Lipinski definition) is 2. The maximum atomic E-state index is 5.51. The number of H-pyrrole nitrogens is 1. The number of anilines is 2. The van der Waals surface area contributed by atoms with Crippen LogP contribution in [0.15, 0.2) is 42.5 Å². The minimum Gasteiger partial charge on any atom is -0.494 e. The highest BCUT2D eigenvalue weighted by atomic mass is 16.5. The van der Waals surface area contributed by atoms with Crippen molar-refractivity contribution in [2.75, 3.05) is 11.9 Å². The first-order valence-corrected chi connectivity index (χ1v) is 7.65. The number of benzene rings is 2. The lowest BCUT2D eigenvalue weighted by atomic mass is 10.0. The van der Waals surface area contributed by atoms with Crippen LogP contribution < -0.4 is 10.1 Å². The number of fused-ring (bicyclic) bond motifs is 1. The Labute approximate surface area is 130 Å². The smallest absolute Gasteiger partial charge is 0.205 e. The van der Waals surface area contributed by atoms with E-state index in [9.17, 15) is 0 Å². The Morgan fingerprint density at radius 1 is 1.14 bits per heavy atom. The van der Waals surface area contributed by atoms with E-state index in [-0.39, 0.29) is 0 Å². The summed E-state index contributed by atoms with van der Waals surface area (Å²) in [5, 5.41) is 3.30. The highest BCUT2D eigenvalue weighted by Crippen LogP contribution is 2.23. The molecule has 0 aliphatic heterocycles. The minimum absolute atomic E-state index is 0.539. The second-order valence-electron chi connectivity index (χ2n) is 5.60. The summed E-state index contributed by atoms with van der Waals surface area (Å²) in [4.78, 5) is 7.82. The Morgan fingerprint density at radius 3 is 2.59 bits per heavy atom. The fourth-order valence-electron chi connectivity index (χ4n) is 2.39. The largest absolute Gasteiger partial charge is 0.494 e. The van der Waals surface area contributed by atoms with Crippen LogP contribution in [0.25, 0.3) is 11.0 Å². The number of imidazole rings is 1. The minimum atomic E-state index is 0.539. The van der Waals surface area contributed by atoms with E-state index in [0.717, 1.165) is 28.4 Å². The predicted molar refractivity (Wildman–Crippen MR) is 91.1 cm³/mol. The van der Waals surface area contributed by atoms with Crippen LogP contribution in [0.2, 0.25) is 0 Å². The van der Waals surface area contributed by atoms with Gasteiger partial charge in [0.2, 0.25) is 5.95 Å². The standard InChI is InChI=1S/C18H21N3O/c1-4-22-15-9-10-16-17(11-15)21-18(20-16)19-14-7-5-13(6-8-14)12(2)3/h5-12H,4H2,1-3H3,(H2,19,20,21). The monoisotopic (exact) mass is 295 g/mol. The lowest BCUT2D eigenvalue weighted by molar-refractivity contribution is 0.340. The first-order chi connectivity index (χ1) is 10.7. The fourth-order valence-corrected chi connectivity index (χ4v) is 2.39. The zero-order chi connectivity index (χ0) is 15.5. The van der Waals surface area contributed by atoms with Crippen LogP contribution in [0.5, 0.6) is 5.75 Å². The predicted octanol–water partition coefficient (Wildman–Crippen LogP) is 4.83. The quantitative estimate of drug-likeness (QED) is 0.709. The molecule has 4 heteroatoms. The van der Waals surface area contributed by atoms with E-state index in [1.54, 1.807) is 0 Å². The fraction of sp³-hybridized carbons (Fsp3) is 0.278. The van der Waals surface area contributed by atoms with Gasteiger partial charge in [0.25, 0.3) is 0 Å². The van der Waals surface area contributed by atoms with Gasteiger partial charge in [-0.1, -0.05) is 26.0 Å². The molecule has 4 nitrogen and oxygen atoms in total. The number of hydrogen-bond acceptors (Lipinski definition) is 3. The number of nitrogens with one attached hydrogen (secondary N) is 2. The average molecular weight is 295 g/mol. The molecule has 0 saturated carbocycles. The Bertz CT molecular complexity index is 760. The maximum Gasteiger partial charge on any atom is 0.205 e. The number of ether oxygens (including phenoxy) is 1. The van der Waals surface area contributed by atoms with E-state index >= 15 is 0 Å². The summed E-state index contributed by atoms with van der Waals surface area (Å²) in [7, 11) is 0. The third-order valence-corrected chi connectivity index (χ3v) is 3.60. The molecule has 0 radical (unpaired) electrons. The van der Waals surface area contributed by atoms with Crippen LogP contribution in [-0.4, -0.2) is 16.6 Å². The summed E-state index contributed by atoms with van der Waals surface area (Å²) in [6.07, 6.45) is 0. The Kier molecular flexibility index (Phi) is 4.00. The number of rotatable bonds is 5. The van der Waals surface area contributed by atoms with Crippen LogP contribution in [0.1, 0.15) is 32.3 Å². The molecule has 0 unspecified atom stereocenters. The van der Waals surface area contributed by atoms with Crippen molar-refractivity contribution in [3.05, 3.63) is 48.0 Å². The van der Waals surface area contributed by atoms with Crippen molar-refractivity contribution in [1.82, 2.24) is 9.97 Å². The summed E-state index contributed by atoms with van der Waals surface area (Å²) in [6, 6.07) is 14.3. The SMILES string of the molecule is CCOc1ccc2nc(Nc3ccc(C(C)C)cc3)[nH]c2c1. The van der Waals surface area contributed by atoms with Crippen molar-refractivity contribution in [3.63, 3.8) is 0 Å². The molecular weight excluding hydrogens is 274 g/mol. The van der Waals surface area contributed by atoms with Gasteiger partial charge < -0.3 is 15.0 Å². The number of aromatic amines is 1. The Balaban J connectivity index is 1.81. The number of aromatic nitrogens is 2. The van der Waals surface area contributed by atoms with Gasteiger partial charge >= 0.3 is 0 Å². The molecule has 0 bridgehead atoms. The van der Waals surface area contributed by atoms with Gasteiger partial charge in [-0.25, -0.2) is 4.98 Å². The van der Waals surface area contributed by atoms with Crippen LogP contribution in [0, 0.1) is 0 Å². The zero-order valence-electron chi connectivity index (χ0n) is 13.2. The van der Waals surface area contributed by atoms with E-state index < -0.39 is 0 Å². The first kappa shape index (κ1) is 14.4. The molecule has 2 aromatic carbocycles. The number of nitrogens with zero attached hydrogens (tertiary/aromatic N) is 1. The van der Waals surface area contributed by atoms with E-state index in [1.165, 1.54) is 5.56 Å². The molecule has 22 heavy (non-hydrogen) atoms. The Hall–Kier alpha value is -2.49. The lowest BCUT2D eigenvalue weighted by Crippen LogP contribution is -1.93.